The van der Waals surface area contributed by atoms with Crippen molar-refractivity contribution in [2.75, 3.05) is 13.1 Å². The highest BCUT2D eigenvalue weighted by molar-refractivity contribution is 5.85. The van der Waals surface area contributed by atoms with Gasteiger partial charge in [-0.15, -0.1) is 0 Å². The fraction of sp³-hybridized carbons (Fsp3) is 0.909. The van der Waals surface area contributed by atoms with E-state index in [1.54, 1.807) is 0 Å². The maximum atomic E-state index is 12.2. The topological polar surface area (TPSA) is 46.3 Å². The first-order chi connectivity index (χ1) is 6.73. The van der Waals surface area contributed by atoms with Gasteiger partial charge >= 0.3 is 0 Å². The number of nitrogens with two attached hydrogens (primary N) is 1. The normalized spacial score (nSPS) is 29.3. The molecule has 2 N–H and O–H groups in total. The standard InChI is InChI=1S/C11H20N2O/c1-2-11(5-6-11)10(14)13-7-3-4-9(13)8-12/h9H,2-8,12H2,1H3. The van der Waals surface area contributed by atoms with Crippen LogP contribution in [0.1, 0.15) is 39.0 Å². The summed E-state index contributed by atoms with van der Waals surface area (Å²) in [6.45, 7) is 3.69. The van der Waals surface area contributed by atoms with Crippen LogP contribution in [-0.4, -0.2) is 29.9 Å². The molecule has 0 aromatic carbocycles. The zero-order valence-corrected chi connectivity index (χ0v) is 8.96. The number of rotatable bonds is 3. The minimum atomic E-state index is 0.0256. The van der Waals surface area contributed by atoms with Crippen molar-refractivity contribution in [3.63, 3.8) is 0 Å². The lowest BCUT2D eigenvalue weighted by Gasteiger charge is -2.27. The molecule has 2 rings (SSSR count). The van der Waals surface area contributed by atoms with E-state index >= 15 is 0 Å². The molecule has 0 bridgehead atoms. The van der Waals surface area contributed by atoms with Crippen LogP contribution in [-0.2, 0) is 4.79 Å². The molecule has 0 aromatic rings. The predicted octanol–water partition coefficient (Wildman–Crippen LogP) is 1.13. The molecule has 1 aliphatic carbocycles. The highest BCUT2D eigenvalue weighted by Crippen LogP contribution is 2.50. The molecule has 3 heteroatoms. The first-order valence-electron chi connectivity index (χ1n) is 5.74. The maximum Gasteiger partial charge on any atom is 0.229 e. The monoisotopic (exact) mass is 196 g/mol. The van der Waals surface area contributed by atoms with Crippen molar-refractivity contribution >= 4 is 5.91 Å². The SMILES string of the molecule is CCC1(C(=O)N2CCCC2CN)CC1. The van der Waals surface area contributed by atoms with Crippen molar-refractivity contribution in [1.29, 1.82) is 0 Å². The molecule has 1 heterocycles. The summed E-state index contributed by atoms with van der Waals surface area (Å²) in [5, 5.41) is 0. The molecular weight excluding hydrogens is 176 g/mol. The number of amides is 1. The van der Waals surface area contributed by atoms with Crippen LogP contribution >= 0.6 is 0 Å². The highest BCUT2D eigenvalue weighted by Gasteiger charge is 2.51. The first kappa shape index (κ1) is 9.97. The second-order valence-electron chi connectivity index (χ2n) is 4.66. The maximum absolute atomic E-state index is 12.2. The lowest BCUT2D eigenvalue weighted by Crippen LogP contribution is -2.43. The molecule has 2 aliphatic rings. The Morgan fingerprint density at radius 2 is 2.29 bits per heavy atom. The Bertz CT molecular complexity index is 235. The average molecular weight is 196 g/mol. The first-order valence-corrected chi connectivity index (χ1v) is 5.74. The number of hydrogen-bond donors (Lipinski definition) is 1. The molecule has 14 heavy (non-hydrogen) atoms. The van der Waals surface area contributed by atoms with Gasteiger partial charge in [-0.3, -0.25) is 4.79 Å². The van der Waals surface area contributed by atoms with Crippen LogP contribution in [0.3, 0.4) is 0 Å². The van der Waals surface area contributed by atoms with Crippen LogP contribution < -0.4 is 5.73 Å². The van der Waals surface area contributed by atoms with Gasteiger partial charge in [-0.05, 0) is 32.1 Å². The van der Waals surface area contributed by atoms with Gasteiger partial charge in [0.15, 0.2) is 0 Å². The van der Waals surface area contributed by atoms with Gasteiger partial charge in [-0.1, -0.05) is 6.92 Å². The summed E-state index contributed by atoms with van der Waals surface area (Å²) >= 11 is 0. The summed E-state index contributed by atoms with van der Waals surface area (Å²) in [7, 11) is 0. The van der Waals surface area contributed by atoms with Crippen molar-refractivity contribution in [3.05, 3.63) is 0 Å². The smallest absolute Gasteiger partial charge is 0.229 e. The van der Waals surface area contributed by atoms with E-state index in [1.165, 1.54) is 0 Å². The van der Waals surface area contributed by atoms with E-state index in [4.69, 9.17) is 5.73 Å². The van der Waals surface area contributed by atoms with E-state index in [9.17, 15) is 4.79 Å². The number of nitrogens with zero attached hydrogens (tertiary/aromatic N) is 1. The minimum absolute atomic E-state index is 0.0256. The highest BCUT2D eigenvalue weighted by atomic mass is 16.2. The van der Waals surface area contributed by atoms with Crippen LogP contribution in [0.25, 0.3) is 0 Å². The van der Waals surface area contributed by atoms with Gasteiger partial charge in [0.05, 0.1) is 0 Å². The van der Waals surface area contributed by atoms with Crippen LogP contribution in [0.4, 0.5) is 0 Å². The van der Waals surface area contributed by atoms with E-state index in [2.05, 4.69) is 6.92 Å². The van der Waals surface area contributed by atoms with Gasteiger partial charge in [0, 0.05) is 24.5 Å². The van der Waals surface area contributed by atoms with Crippen LogP contribution in [0.2, 0.25) is 0 Å². The Hall–Kier alpha value is -0.570. The summed E-state index contributed by atoms with van der Waals surface area (Å²) in [5.41, 5.74) is 5.70. The van der Waals surface area contributed by atoms with Gasteiger partial charge in [0.1, 0.15) is 0 Å². The van der Waals surface area contributed by atoms with Crippen molar-refractivity contribution in [3.8, 4) is 0 Å². The van der Waals surface area contributed by atoms with Crippen LogP contribution in [0.5, 0.6) is 0 Å². The molecule has 3 nitrogen and oxygen atoms in total. The van der Waals surface area contributed by atoms with E-state index in [0.717, 1.165) is 38.6 Å². The van der Waals surface area contributed by atoms with Crippen LogP contribution in [0.15, 0.2) is 0 Å². The molecule has 1 aliphatic heterocycles. The third-order valence-electron chi connectivity index (χ3n) is 3.89. The van der Waals surface area contributed by atoms with Gasteiger partial charge in [-0.2, -0.15) is 0 Å². The molecule has 1 atom stereocenters. The molecule has 1 saturated heterocycles. The third-order valence-corrected chi connectivity index (χ3v) is 3.89. The van der Waals surface area contributed by atoms with E-state index in [-0.39, 0.29) is 5.41 Å². The zero-order chi connectivity index (χ0) is 10.2. The quantitative estimate of drug-likeness (QED) is 0.735. The summed E-state index contributed by atoms with van der Waals surface area (Å²) in [4.78, 5) is 14.2. The number of likely N-dealkylation sites (tertiary alicyclic amines) is 1. The average Bonchev–Trinajstić information content (AvgIpc) is 2.87. The zero-order valence-electron chi connectivity index (χ0n) is 8.96. The Morgan fingerprint density at radius 1 is 1.57 bits per heavy atom. The molecular formula is C11H20N2O. The van der Waals surface area contributed by atoms with E-state index in [1.807, 2.05) is 4.90 Å². The summed E-state index contributed by atoms with van der Waals surface area (Å²) in [6.07, 6.45) is 5.42. The predicted molar refractivity (Wildman–Crippen MR) is 55.7 cm³/mol. The minimum Gasteiger partial charge on any atom is -0.338 e. The molecule has 1 amide bonds. The lowest BCUT2D eigenvalue weighted by atomic mass is 10.0. The summed E-state index contributed by atoms with van der Waals surface area (Å²) in [6, 6.07) is 0.325. The molecule has 80 valence electrons. The molecule has 1 saturated carbocycles. The molecule has 1 unspecified atom stereocenters. The van der Waals surface area contributed by atoms with Crippen molar-refractivity contribution in [2.45, 2.75) is 45.1 Å². The van der Waals surface area contributed by atoms with E-state index in [0.29, 0.717) is 18.5 Å². The van der Waals surface area contributed by atoms with Crippen molar-refractivity contribution in [1.82, 2.24) is 4.90 Å². The van der Waals surface area contributed by atoms with Crippen molar-refractivity contribution < 1.29 is 4.79 Å². The number of hydrogen-bond acceptors (Lipinski definition) is 2. The molecule has 0 radical (unpaired) electrons. The van der Waals surface area contributed by atoms with Gasteiger partial charge in [0.25, 0.3) is 0 Å². The second kappa shape index (κ2) is 3.54. The third kappa shape index (κ3) is 1.44. The molecule has 2 fully saturated rings. The fourth-order valence-corrected chi connectivity index (χ4v) is 2.52. The van der Waals surface area contributed by atoms with Crippen molar-refractivity contribution in [2.24, 2.45) is 11.1 Å². The number of carbonyl (C=O) groups is 1. The fourth-order valence-electron chi connectivity index (χ4n) is 2.52. The Balaban J connectivity index is 2.04. The van der Waals surface area contributed by atoms with Gasteiger partial charge < -0.3 is 10.6 Å². The Kier molecular flexibility index (Phi) is 2.52. The number of carbonyl (C=O) groups excluding carboxylic acids is 1. The summed E-state index contributed by atoms with van der Waals surface area (Å²) < 4.78 is 0. The Labute approximate surface area is 85.6 Å². The second-order valence-corrected chi connectivity index (χ2v) is 4.66. The van der Waals surface area contributed by atoms with Gasteiger partial charge in [0.2, 0.25) is 5.91 Å². The molecule has 0 aromatic heterocycles. The van der Waals surface area contributed by atoms with Crippen LogP contribution in [0, 0.1) is 5.41 Å². The summed E-state index contributed by atoms with van der Waals surface area (Å²) in [5.74, 6) is 0.382. The Morgan fingerprint density at radius 3 is 2.79 bits per heavy atom. The molecule has 0 spiro atoms. The van der Waals surface area contributed by atoms with E-state index < -0.39 is 0 Å². The lowest BCUT2D eigenvalue weighted by molar-refractivity contribution is -0.137. The largest absolute Gasteiger partial charge is 0.338 e. The van der Waals surface area contributed by atoms with Gasteiger partial charge in [-0.25, -0.2) is 0 Å².